The molecule has 1 N–H and O–H groups in total. The van der Waals surface area contributed by atoms with Crippen LogP contribution in [0.25, 0.3) is 6.08 Å². The van der Waals surface area contributed by atoms with E-state index in [4.69, 9.17) is 9.84 Å². The van der Waals surface area contributed by atoms with Crippen LogP contribution >= 0.6 is 0 Å². The fourth-order valence-electron chi connectivity index (χ4n) is 1.01. The van der Waals surface area contributed by atoms with E-state index in [9.17, 15) is 13.2 Å². The molecule has 0 aromatic heterocycles. The Morgan fingerprint density at radius 1 is 1.29 bits per heavy atom. The molecule has 5 heteroatoms. The number of hydrogen-bond acceptors (Lipinski definition) is 2. The summed E-state index contributed by atoms with van der Waals surface area (Å²) in [6.45, 7) is 3.38. The monoisotopic (exact) mass is 246 g/mol. The van der Waals surface area contributed by atoms with E-state index >= 15 is 0 Å². The van der Waals surface area contributed by atoms with E-state index in [1.165, 1.54) is 12.1 Å². The third-order valence-electron chi connectivity index (χ3n) is 2.25. The van der Waals surface area contributed by atoms with E-state index in [-0.39, 0.29) is 5.75 Å². The molecule has 0 heterocycles. The van der Waals surface area contributed by atoms with Crippen molar-refractivity contribution in [3.8, 4) is 5.75 Å². The molecule has 1 unspecified atom stereocenters. The molecular weight excluding hydrogens is 233 g/mol. The van der Waals surface area contributed by atoms with Crippen LogP contribution in [0.4, 0.5) is 13.2 Å². The Labute approximate surface area is 97.3 Å². The van der Waals surface area contributed by atoms with Gasteiger partial charge in [-0.05, 0) is 24.6 Å². The highest BCUT2D eigenvalue weighted by Gasteiger charge is 2.50. The molecule has 0 bridgehead atoms. The van der Waals surface area contributed by atoms with E-state index in [0.717, 1.165) is 5.56 Å². The van der Waals surface area contributed by atoms with E-state index in [0.29, 0.717) is 6.92 Å². The topological polar surface area (TPSA) is 29.5 Å². The van der Waals surface area contributed by atoms with Gasteiger partial charge in [-0.3, -0.25) is 0 Å². The number of halogens is 3. The second-order valence-corrected chi connectivity index (χ2v) is 3.83. The van der Waals surface area contributed by atoms with Crippen LogP contribution < -0.4 is 4.74 Å². The van der Waals surface area contributed by atoms with Crippen molar-refractivity contribution in [2.24, 2.45) is 0 Å². The summed E-state index contributed by atoms with van der Waals surface area (Å²) in [5, 5.41) is 9.15. The SMILES string of the molecule is C=Cc1ccc(OCC(C)(O)C(F)(F)F)cc1. The van der Waals surface area contributed by atoms with Crippen LogP contribution in [0.3, 0.4) is 0 Å². The molecule has 0 saturated carbocycles. The third-order valence-corrected chi connectivity index (χ3v) is 2.25. The van der Waals surface area contributed by atoms with E-state index in [1.54, 1.807) is 18.2 Å². The third kappa shape index (κ3) is 3.49. The van der Waals surface area contributed by atoms with Crippen molar-refractivity contribution < 1.29 is 23.0 Å². The van der Waals surface area contributed by atoms with Gasteiger partial charge < -0.3 is 9.84 Å². The summed E-state index contributed by atoms with van der Waals surface area (Å²) in [5.41, 5.74) is -2.02. The maximum atomic E-state index is 12.3. The van der Waals surface area contributed by atoms with Crippen LogP contribution in [0.15, 0.2) is 30.8 Å². The summed E-state index contributed by atoms with van der Waals surface area (Å²) < 4.78 is 41.8. The van der Waals surface area contributed by atoms with Gasteiger partial charge in [-0.2, -0.15) is 13.2 Å². The van der Waals surface area contributed by atoms with Crippen molar-refractivity contribution in [2.45, 2.75) is 18.7 Å². The molecule has 17 heavy (non-hydrogen) atoms. The van der Waals surface area contributed by atoms with Crippen LogP contribution in [0, 0.1) is 0 Å². The number of rotatable bonds is 4. The van der Waals surface area contributed by atoms with Gasteiger partial charge in [0.15, 0.2) is 5.60 Å². The fraction of sp³-hybridized carbons (Fsp3) is 0.333. The molecule has 0 spiro atoms. The highest BCUT2D eigenvalue weighted by atomic mass is 19.4. The number of benzene rings is 1. The number of alkyl halides is 3. The molecule has 0 aliphatic rings. The standard InChI is InChI=1S/C12H13F3O2/c1-3-9-4-6-10(7-5-9)17-8-11(2,16)12(13,14)15/h3-7,16H,1,8H2,2H3. The second kappa shape index (κ2) is 4.79. The van der Waals surface area contributed by atoms with Gasteiger partial charge in [0, 0.05) is 0 Å². The Balaban J connectivity index is 2.64. The van der Waals surface area contributed by atoms with Crippen LogP contribution in [0.2, 0.25) is 0 Å². The first-order valence-corrected chi connectivity index (χ1v) is 4.91. The predicted molar refractivity (Wildman–Crippen MR) is 58.7 cm³/mol. The first-order chi connectivity index (χ1) is 7.76. The lowest BCUT2D eigenvalue weighted by Gasteiger charge is -2.26. The fourth-order valence-corrected chi connectivity index (χ4v) is 1.01. The van der Waals surface area contributed by atoms with E-state index in [1.807, 2.05) is 0 Å². The van der Waals surface area contributed by atoms with Gasteiger partial charge >= 0.3 is 6.18 Å². The zero-order chi connectivity index (χ0) is 13.1. The summed E-state index contributed by atoms with van der Waals surface area (Å²) in [7, 11) is 0. The minimum Gasteiger partial charge on any atom is -0.490 e. The quantitative estimate of drug-likeness (QED) is 0.884. The normalized spacial score (nSPS) is 15.1. The number of ether oxygens (including phenoxy) is 1. The lowest BCUT2D eigenvalue weighted by Crippen LogP contribution is -2.47. The average Bonchev–Trinajstić information content (AvgIpc) is 2.25. The molecule has 0 aliphatic heterocycles. The van der Waals surface area contributed by atoms with Crippen LogP contribution in [-0.2, 0) is 0 Å². The van der Waals surface area contributed by atoms with Gasteiger partial charge in [0.2, 0.25) is 0 Å². The van der Waals surface area contributed by atoms with Crippen molar-refractivity contribution in [1.29, 1.82) is 0 Å². The maximum absolute atomic E-state index is 12.3. The molecule has 0 amide bonds. The zero-order valence-electron chi connectivity index (χ0n) is 9.29. The molecule has 2 nitrogen and oxygen atoms in total. The highest BCUT2D eigenvalue weighted by molar-refractivity contribution is 5.48. The summed E-state index contributed by atoms with van der Waals surface area (Å²) >= 11 is 0. The second-order valence-electron chi connectivity index (χ2n) is 3.83. The maximum Gasteiger partial charge on any atom is 0.420 e. The van der Waals surface area contributed by atoms with Gasteiger partial charge in [-0.1, -0.05) is 24.8 Å². The zero-order valence-corrected chi connectivity index (χ0v) is 9.29. The van der Waals surface area contributed by atoms with Crippen LogP contribution in [0.1, 0.15) is 12.5 Å². The largest absolute Gasteiger partial charge is 0.490 e. The minimum atomic E-state index is -4.71. The van der Waals surface area contributed by atoms with Crippen molar-refractivity contribution in [1.82, 2.24) is 0 Å². The smallest absolute Gasteiger partial charge is 0.420 e. The first kappa shape index (κ1) is 13.6. The van der Waals surface area contributed by atoms with E-state index < -0.39 is 18.4 Å². The summed E-state index contributed by atoms with van der Waals surface area (Å²) in [6, 6.07) is 6.35. The summed E-state index contributed by atoms with van der Waals surface area (Å²) in [4.78, 5) is 0. The van der Waals surface area contributed by atoms with Gasteiger partial charge in [0.05, 0.1) is 0 Å². The van der Waals surface area contributed by atoms with Crippen molar-refractivity contribution >= 4 is 6.08 Å². The summed E-state index contributed by atoms with van der Waals surface area (Å²) in [6.07, 6.45) is -3.11. The Kier molecular flexibility index (Phi) is 3.83. The Morgan fingerprint density at radius 2 is 1.82 bits per heavy atom. The molecule has 0 fully saturated rings. The molecular formula is C12H13F3O2. The van der Waals surface area contributed by atoms with Crippen LogP contribution in [-0.4, -0.2) is 23.5 Å². The van der Waals surface area contributed by atoms with Gasteiger partial charge in [-0.15, -0.1) is 0 Å². The Morgan fingerprint density at radius 3 is 2.24 bits per heavy atom. The van der Waals surface area contributed by atoms with Crippen molar-refractivity contribution in [3.05, 3.63) is 36.4 Å². The first-order valence-electron chi connectivity index (χ1n) is 4.91. The molecule has 0 saturated heterocycles. The predicted octanol–water partition coefficient (Wildman–Crippen LogP) is 3.02. The lowest BCUT2D eigenvalue weighted by molar-refractivity contribution is -0.260. The van der Waals surface area contributed by atoms with Gasteiger partial charge in [0.25, 0.3) is 0 Å². The van der Waals surface area contributed by atoms with Crippen molar-refractivity contribution in [2.75, 3.05) is 6.61 Å². The van der Waals surface area contributed by atoms with Gasteiger partial charge in [0.1, 0.15) is 12.4 Å². The number of hydrogen-bond donors (Lipinski definition) is 1. The average molecular weight is 246 g/mol. The highest BCUT2D eigenvalue weighted by Crippen LogP contribution is 2.30. The molecule has 1 aromatic carbocycles. The van der Waals surface area contributed by atoms with Crippen molar-refractivity contribution in [3.63, 3.8) is 0 Å². The number of aliphatic hydroxyl groups is 1. The molecule has 1 atom stereocenters. The minimum absolute atomic E-state index is 0.264. The van der Waals surface area contributed by atoms with Gasteiger partial charge in [-0.25, -0.2) is 0 Å². The molecule has 94 valence electrons. The molecule has 1 aromatic rings. The lowest BCUT2D eigenvalue weighted by atomic mass is 10.1. The van der Waals surface area contributed by atoms with Crippen LogP contribution in [0.5, 0.6) is 5.75 Å². The van der Waals surface area contributed by atoms with E-state index in [2.05, 4.69) is 6.58 Å². The molecule has 0 aliphatic carbocycles. The Bertz CT molecular complexity index is 380. The molecule has 1 rings (SSSR count). The summed E-state index contributed by atoms with van der Waals surface area (Å²) in [5.74, 6) is 0.264. The Hall–Kier alpha value is -1.49. The molecule has 0 radical (unpaired) electrons.